The average Bonchev–Trinajstić information content (AvgIpc) is 2.35. The minimum atomic E-state index is -0.0802. The van der Waals surface area contributed by atoms with Crippen LogP contribution < -0.4 is 11.1 Å². The van der Waals surface area contributed by atoms with Crippen LogP contribution in [-0.2, 0) is 0 Å². The van der Waals surface area contributed by atoms with E-state index in [0.717, 1.165) is 12.0 Å². The van der Waals surface area contributed by atoms with Crippen LogP contribution in [0, 0.1) is 5.92 Å². The summed E-state index contributed by atoms with van der Waals surface area (Å²) in [7, 11) is 0. The van der Waals surface area contributed by atoms with E-state index in [2.05, 4.69) is 19.2 Å². The van der Waals surface area contributed by atoms with E-state index >= 15 is 0 Å². The van der Waals surface area contributed by atoms with Crippen LogP contribution in [0.25, 0.3) is 0 Å². The van der Waals surface area contributed by atoms with Crippen LogP contribution in [0.5, 0.6) is 0 Å². The van der Waals surface area contributed by atoms with Gasteiger partial charge in [0.05, 0.1) is 0 Å². The molecule has 92 valence electrons. The fourth-order valence-corrected chi connectivity index (χ4v) is 1.45. The summed E-state index contributed by atoms with van der Waals surface area (Å²) in [5.74, 6) is 0.404. The number of rotatable bonds is 5. The van der Waals surface area contributed by atoms with Crippen molar-refractivity contribution in [2.24, 2.45) is 11.7 Å². The molecule has 1 amide bonds. The van der Waals surface area contributed by atoms with Crippen molar-refractivity contribution in [3.63, 3.8) is 0 Å². The van der Waals surface area contributed by atoms with Crippen molar-refractivity contribution in [3.8, 4) is 0 Å². The van der Waals surface area contributed by atoms with E-state index in [0.29, 0.717) is 23.0 Å². The second-order valence-corrected chi connectivity index (χ2v) is 4.61. The number of thiocarbonyl (C=S) groups is 1. The summed E-state index contributed by atoms with van der Waals surface area (Å²) >= 11 is 4.88. The molecular weight excluding hydrogens is 232 g/mol. The number of hydrogen-bond acceptors (Lipinski definition) is 2. The lowest BCUT2D eigenvalue weighted by Gasteiger charge is -2.10. The smallest absolute Gasteiger partial charge is 0.251 e. The summed E-state index contributed by atoms with van der Waals surface area (Å²) in [6.45, 7) is 4.89. The Morgan fingerprint density at radius 1 is 1.47 bits per heavy atom. The van der Waals surface area contributed by atoms with Crippen LogP contribution in [0.1, 0.15) is 36.2 Å². The average molecular weight is 250 g/mol. The number of benzene rings is 1. The van der Waals surface area contributed by atoms with E-state index in [9.17, 15) is 4.79 Å². The SMILES string of the molecule is CCC(C)CNC(=O)c1cccc(C(N)=S)c1. The second-order valence-electron chi connectivity index (χ2n) is 4.17. The topological polar surface area (TPSA) is 55.1 Å². The number of amides is 1. The van der Waals surface area contributed by atoms with E-state index in [-0.39, 0.29) is 5.91 Å². The Balaban J connectivity index is 2.69. The zero-order valence-electron chi connectivity index (χ0n) is 10.2. The Hall–Kier alpha value is -1.42. The van der Waals surface area contributed by atoms with E-state index in [4.69, 9.17) is 18.0 Å². The summed E-state index contributed by atoms with van der Waals surface area (Å²) in [6, 6.07) is 7.06. The molecule has 0 saturated carbocycles. The first-order valence-electron chi connectivity index (χ1n) is 5.72. The molecule has 0 aliphatic heterocycles. The molecule has 0 heterocycles. The van der Waals surface area contributed by atoms with Crippen molar-refractivity contribution in [2.45, 2.75) is 20.3 Å². The summed E-state index contributed by atoms with van der Waals surface area (Å²) in [5.41, 5.74) is 6.84. The maximum atomic E-state index is 11.8. The van der Waals surface area contributed by atoms with E-state index in [1.807, 2.05) is 0 Å². The molecule has 0 aromatic heterocycles. The molecule has 1 atom stereocenters. The lowest BCUT2D eigenvalue weighted by Crippen LogP contribution is -2.28. The normalized spacial score (nSPS) is 11.9. The first-order valence-corrected chi connectivity index (χ1v) is 6.13. The van der Waals surface area contributed by atoms with Gasteiger partial charge >= 0.3 is 0 Å². The number of carbonyl (C=O) groups excluding carboxylic acids is 1. The highest BCUT2D eigenvalue weighted by atomic mass is 32.1. The Morgan fingerprint density at radius 2 is 2.12 bits per heavy atom. The molecule has 0 radical (unpaired) electrons. The van der Waals surface area contributed by atoms with Crippen LogP contribution in [0.15, 0.2) is 24.3 Å². The summed E-state index contributed by atoms with van der Waals surface area (Å²) in [5, 5.41) is 2.89. The molecule has 1 aromatic rings. The standard InChI is InChI=1S/C13H18N2OS/c1-3-9(2)8-15-13(16)11-6-4-5-10(7-11)12(14)17/h4-7,9H,3,8H2,1-2H3,(H2,14,17)(H,15,16). The number of carbonyl (C=O) groups is 1. The summed E-state index contributed by atoms with van der Waals surface area (Å²) < 4.78 is 0. The molecule has 1 aromatic carbocycles. The van der Waals surface area contributed by atoms with Crippen molar-refractivity contribution in [1.82, 2.24) is 5.32 Å². The van der Waals surface area contributed by atoms with Gasteiger partial charge in [0.2, 0.25) is 0 Å². The van der Waals surface area contributed by atoms with Crippen molar-refractivity contribution >= 4 is 23.1 Å². The Morgan fingerprint density at radius 3 is 2.71 bits per heavy atom. The highest BCUT2D eigenvalue weighted by Crippen LogP contribution is 2.06. The van der Waals surface area contributed by atoms with Crippen LogP contribution in [0.3, 0.4) is 0 Å². The van der Waals surface area contributed by atoms with Crippen molar-refractivity contribution in [2.75, 3.05) is 6.54 Å². The largest absolute Gasteiger partial charge is 0.389 e. The molecule has 1 unspecified atom stereocenters. The Labute approximate surface area is 107 Å². The second kappa shape index (κ2) is 6.35. The van der Waals surface area contributed by atoms with Gasteiger partial charge in [-0.05, 0) is 18.1 Å². The van der Waals surface area contributed by atoms with E-state index in [1.165, 1.54) is 0 Å². The molecule has 1 rings (SSSR count). The molecule has 0 spiro atoms. The third-order valence-corrected chi connectivity index (χ3v) is 2.95. The Bertz CT molecular complexity index is 418. The minimum Gasteiger partial charge on any atom is -0.389 e. The fourth-order valence-electron chi connectivity index (χ4n) is 1.33. The van der Waals surface area contributed by atoms with Gasteiger partial charge in [0.25, 0.3) is 5.91 Å². The summed E-state index contributed by atoms with van der Waals surface area (Å²) in [4.78, 5) is 12.2. The molecular formula is C13H18N2OS. The summed E-state index contributed by atoms with van der Waals surface area (Å²) in [6.07, 6.45) is 1.05. The van der Waals surface area contributed by atoms with Crippen LogP contribution in [0.2, 0.25) is 0 Å². The molecule has 17 heavy (non-hydrogen) atoms. The predicted molar refractivity (Wildman–Crippen MR) is 74.1 cm³/mol. The van der Waals surface area contributed by atoms with Crippen LogP contribution in [0.4, 0.5) is 0 Å². The Kier molecular flexibility index (Phi) is 5.10. The van der Waals surface area contributed by atoms with Crippen molar-refractivity contribution in [3.05, 3.63) is 35.4 Å². The molecule has 3 N–H and O–H groups in total. The monoisotopic (exact) mass is 250 g/mol. The maximum absolute atomic E-state index is 11.8. The maximum Gasteiger partial charge on any atom is 0.251 e. The van der Waals surface area contributed by atoms with Gasteiger partial charge in [-0.15, -0.1) is 0 Å². The highest BCUT2D eigenvalue weighted by Gasteiger charge is 2.08. The van der Waals surface area contributed by atoms with Crippen LogP contribution >= 0.6 is 12.2 Å². The van der Waals surface area contributed by atoms with Gasteiger partial charge in [-0.3, -0.25) is 4.79 Å². The van der Waals surface area contributed by atoms with Gasteiger partial charge in [-0.25, -0.2) is 0 Å². The first kappa shape index (κ1) is 13.6. The lowest BCUT2D eigenvalue weighted by atomic mass is 10.1. The number of nitrogens with two attached hydrogens (primary N) is 1. The van der Waals surface area contributed by atoms with E-state index in [1.54, 1.807) is 24.3 Å². The zero-order valence-corrected chi connectivity index (χ0v) is 11.0. The van der Waals surface area contributed by atoms with Gasteiger partial charge in [0.1, 0.15) is 4.99 Å². The number of hydrogen-bond donors (Lipinski definition) is 2. The first-order chi connectivity index (χ1) is 8.04. The van der Waals surface area contributed by atoms with Crippen molar-refractivity contribution in [1.29, 1.82) is 0 Å². The third kappa shape index (κ3) is 4.15. The lowest BCUT2D eigenvalue weighted by molar-refractivity contribution is 0.0948. The predicted octanol–water partition coefficient (Wildman–Crippen LogP) is 2.10. The molecule has 0 bridgehead atoms. The quantitative estimate of drug-likeness (QED) is 0.787. The van der Waals surface area contributed by atoms with E-state index < -0.39 is 0 Å². The molecule has 0 saturated heterocycles. The molecule has 0 aliphatic carbocycles. The van der Waals surface area contributed by atoms with Crippen molar-refractivity contribution < 1.29 is 4.79 Å². The van der Waals surface area contributed by atoms with Gasteiger partial charge in [-0.1, -0.05) is 44.6 Å². The van der Waals surface area contributed by atoms with Gasteiger partial charge in [0.15, 0.2) is 0 Å². The van der Waals surface area contributed by atoms with Gasteiger partial charge < -0.3 is 11.1 Å². The molecule has 3 nitrogen and oxygen atoms in total. The van der Waals surface area contributed by atoms with Crippen LogP contribution in [-0.4, -0.2) is 17.4 Å². The minimum absolute atomic E-state index is 0.0802. The molecule has 0 aliphatic rings. The zero-order chi connectivity index (χ0) is 12.8. The molecule has 4 heteroatoms. The fraction of sp³-hybridized carbons (Fsp3) is 0.385. The molecule has 0 fully saturated rings. The van der Waals surface area contributed by atoms with Gasteiger partial charge in [0, 0.05) is 17.7 Å². The third-order valence-electron chi connectivity index (χ3n) is 2.72. The highest BCUT2D eigenvalue weighted by molar-refractivity contribution is 7.80. The van der Waals surface area contributed by atoms with Gasteiger partial charge in [-0.2, -0.15) is 0 Å². The number of nitrogens with one attached hydrogen (secondary N) is 1.